The number of nitrogens with two attached hydrogens (primary N) is 1. The van der Waals surface area contributed by atoms with Gasteiger partial charge in [-0.3, -0.25) is 14.6 Å². The van der Waals surface area contributed by atoms with E-state index in [2.05, 4.69) is 10.3 Å². The van der Waals surface area contributed by atoms with Gasteiger partial charge in [-0.25, -0.2) is 0 Å². The van der Waals surface area contributed by atoms with Gasteiger partial charge in [0, 0.05) is 13.2 Å². The highest BCUT2D eigenvalue weighted by molar-refractivity contribution is 6.08. The van der Waals surface area contributed by atoms with Crippen molar-refractivity contribution < 1.29 is 14.3 Å². The van der Waals surface area contributed by atoms with Crippen LogP contribution in [0.15, 0.2) is 12.4 Å². The standard InChI is InChI=1S/C11H13N3O3/c1-13-11(16)9-7(10(12)15)4-14-5-8(9)17-6-2-3-6/h4-6H,2-3H2,1H3,(H2,12,15)(H,13,16). The number of hydrogen-bond acceptors (Lipinski definition) is 4. The minimum absolute atomic E-state index is 0.0718. The third-order valence-corrected chi connectivity index (χ3v) is 2.45. The topological polar surface area (TPSA) is 94.3 Å². The van der Waals surface area contributed by atoms with Crippen LogP contribution in [0.4, 0.5) is 0 Å². The summed E-state index contributed by atoms with van der Waals surface area (Å²) in [7, 11) is 1.48. The van der Waals surface area contributed by atoms with Crippen molar-refractivity contribution in [3.05, 3.63) is 23.5 Å². The lowest BCUT2D eigenvalue weighted by Crippen LogP contribution is -2.25. The molecule has 0 atom stereocenters. The molecule has 0 aromatic carbocycles. The van der Waals surface area contributed by atoms with Gasteiger partial charge >= 0.3 is 0 Å². The second kappa shape index (κ2) is 4.40. The van der Waals surface area contributed by atoms with Gasteiger partial charge in [-0.2, -0.15) is 0 Å². The van der Waals surface area contributed by atoms with Crippen molar-refractivity contribution >= 4 is 11.8 Å². The highest BCUT2D eigenvalue weighted by Crippen LogP contribution is 2.29. The van der Waals surface area contributed by atoms with Gasteiger partial charge in [0.05, 0.1) is 23.4 Å². The number of nitrogens with one attached hydrogen (secondary N) is 1. The minimum atomic E-state index is -0.697. The van der Waals surface area contributed by atoms with Crippen molar-refractivity contribution in [2.45, 2.75) is 18.9 Å². The Labute approximate surface area is 98.2 Å². The molecule has 1 aliphatic rings. The van der Waals surface area contributed by atoms with Crippen LogP contribution in [0, 0.1) is 0 Å². The lowest BCUT2D eigenvalue weighted by atomic mass is 10.1. The molecule has 0 bridgehead atoms. The lowest BCUT2D eigenvalue weighted by Gasteiger charge is -2.11. The third-order valence-electron chi connectivity index (χ3n) is 2.45. The SMILES string of the molecule is CNC(=O)c1c(OC2CC2)cncc1C(N)=O. The number of nitrogens with zero attached hydrogens (tertiary/aromatic N) is 1. The first-order valence-electron chi connectivity index (χ1n) is 5.30. The van der Waals surface area contributed by atoms with Gasteiger partial charge in [0.25, 0.3) is 11.8 Å². The van der Waals surface area contributed by atoms with Gasteiger partial charge in [0.15, 0.2) is 5.75 Å². The maximum Gasteiger partial charge on any atom is 0.255 e. The van der Waals surface area contributed by atoms with Crippen LogP contribution in [0.2, 0.25) is 0 Å². The van der Waals surface area contributed by atoms with E-state index in [1.807, 2.05) is 0 Å². The van der Waals surface area contributed by atoms with Crippen LogP contribution in [0.3, 0.4) is 0 Å². The average Bonchev–Trinajstić information content (AvgIpc) is 3.11. The fraction of sp³-hybridized carbons (Fsp3) is 0.364. The highest BCUT2D eigenvalue weighted by Gasteiger charge is 2.27. The van der Waals surface area contributed by atoms with Gasteiger partial charge in [-0.05, 0) is 12.8 Å². The van der Waals surface area contributed by atoms with Crippen molar-refractivity contribution in [3.8, 4) is 5.75 Å². The van der Waals surface area contributed by atoms with E-state index in [0.29, 0.717) is 5.75 Å². The first-order chi connectivity index (χ1) is 8.13. The van der Waals surface area contributed by atoms with Gasteiger partial charge in [0.2, 0.25) is 0 Å². The largest absolute Gasteiger partial charge is 0.488 e. The van der Waals surface area contributed by atoms with E-state index in [4.69, 9.17) is 10.5 Å². The van der Waals surface area contributed by atoms with E-state index in [-0.39, 0.29) is 17.2 Å². The van der Waals surface area contributed by atoms with E-state index in [0.717, 1.165) is 12.8 Å². The van der Waals surface area contributed by atoms with Crippen molar-refractivity contribution in [2.24, 2.45) is 5.73 Å². The first-order valence-corrected chi connectivity index (χ1v) is 5.30. The van der Waals surface area contributed by atoms with Gasteiger partial charge in [0.1, 0.15) is 0 Å². The van der Waals surface area contributed by atoms with Gasteiger partial charge < -0.3 is 15.8 Å². The van der Waals surface area contributed by atoms with Crippen molar-refractivity contribution in [1.29, 1.82) is 0 Å². The van der Waals surface area contributed by atoms with Crippen LogP contribution >= 0.6 is 0 Å². The number of primary amides is 1. The minimum Gasteiger partial charge on any atom is -0.488 e. The number of hydrogen-bond donors (Lipinski definition) is 2. The van der Waals surface area contributed by atoms with E-state index < -0.39 is 11.8 Å². The van der Waals surface area contributed by atoms with Crippen LogP contribution in [-0.2, 0) is 0 Å². The Bertz CT molecular complexity index is 469. The highest BCUT2D eigenvalue weighted by atomic mass is 16.5. The Kier molecular flexibility index (Phi) is 2.95. The quantitative estimate of drug-likeness (QED) is 0.772. The molecule has 6 heteroatoms. The molecular weight excluding hydrogens is 222 g/mol. The van der Waals surface area contributed by atoms with Crippen molar-refractivity contribution in [3.63, 3.8) is 0 Å². The number of ether oxygens (including phenoxy) is 1. The Balaban J connectivity index is 2.45. The number of aromatic nitrogens is 1. The summed E-state index contributed by atoms with van der Waals surface area (Å²) in [6.45, 7) is 0. The summed E-state index contributed by atoms with van der Waals surface area (Å²) >= 11 is 0. The number of rotatable bonds is 4. The molecule has 1 aromatic heterocycles. The maximum atomic E-state index is 11.7. The van der Waals surface area contributed by atoms with Crippen molar-refractivity contribution in [1.82, 2.24) is 10.3 Å². The number of amides is 2. The number of carbonyl (C=O) groups excluding carboxylic acids is 2. The summed E-state index contributed by atoms with van der Waals surface area (Å²) in [5.74, 6) is -0.794. The molecule has 1 fully saturated rings. The fourth-order valence-corrected chi connectivity index (χ4v) is 1.44. The third kappa shape index (κ3) is 2.35. The smallest absolute Gasteiger partial charge is 0.255 e. The molecule has 90 valence electrons. The molecule has 0 spiro atoms. The summed E-state index contributed by atoms with van der Waals surface area (Å²) in [6.07, 6.45) is 4.72. The summed E-state index contributed by atoms with van der Waals surface area (Å²) in [6, 6.07) is 0. The monoisotopic (exact) mass is 235 g/mol. The van der Waals surface area contributed by atoms with Crippen molar-refractivity contribution in [2.75, 3.05) is 7.05 Å². The second-order valence-electron chi connectivity index (χ2n) is 3.82. The normalized spacial score (nSPS) is 14.2. The predicted octanol–water partition coefficient (Wildman–Crippen LogP) is 0.0813. The molecule has 0 aliphatic heterocycles. The van der Waals surface area contributed by atoms with Crippen LogP contribution in [0.1, 0.15) is 33.6 Å². The molecule has 1 aliphatic carbocycles. The van der Waals surface area contributed by atoms with Crippen LogP contribution in [-0.4, -0.2) is 29.9 Å². The van der Waals surface area contributed by atoms with Crippen LogP contribution in [0.25, 0.3) is 0 Å². The summed E-state index contributed by atoms with van der Waals surface area (Å²) in [5.41, 5.74) is 5.43. The van der Waals surface area contributed by atoms with E-state index in [1.165, 1.54) is 19.4 Å². The van der Waals surface area contributed by atoms with Gasteiger partial charge in [-0.15, -0.1) is 0 Å². The summed E-state index contributed by atoms with van der Waals surface area (Å²) in [5, 5.41) is 2.46. The van der Waals surface area contributed by atoms with E-state index in [1.54, 1.807) is 0 Å². The molecule has 2 amide bonds. The average molecular weight is 235 g/mol. The Morgan fingerprint density at radius 3 is 2.71 bits per heavy atom. The molecule has 0 unspecified atom stereocenters. The van der Waals surface area contributed by atoms with Gasteiger partial charge in [-0.1, -0.05) is 0 Å². The van der Waals surface area contributed by atoms with Crippen LogP contribution in [0.5, 0.6) is 5.75 Å². The van der Waals surface area contributed by atoms with Crippen LogP contribution < -0.4 is 15.8 Å². The molecule has 1 heterocycles. The van der Waals surface area contributed by atoms with E-state index >= 15 is 0 Å². The Morgan fingerprint density at radius 2 is 2.18 bits per heavy atom. The molecule has 3 N–H and O–H groups in total. The predicted molar refractivity (Wildman–Crippen MR) is 59.8 cm³/mol. The summed E-state index contributed by atoms with van der Waals surface area (Å²) in [4.78, 5) is 26.8. The Morgan fingerprint density at radius 1 is 1.47 bits per heavy atom. The zero-order valence-corrected chi connectivity index (χ0v) is 9.40. The molecule has 2 rings (SSSR count). The molecule has 0 saturated heterocycles. The summed E-state index contributed by atoms with van der Waals surface area (Å²) < 4.78 is 5.54. The number of carbonyl (C=O) groups is 2. The zero-order valence-electron chi connectivity index (χ0n) is 9.40. The molecule has 0 radical (unpaired) electrons. The Hall–Kier alpha value is -2.11. The molecule has 17 heavy (non-hydrogen) atoms. The number of pyridine rings is 1. The maximum absolute atomic E-state index is 11.7. The zero-order chi connectivity index (χ0) is 12.4. The molecular formula is C11H13N3O3. The molecule has 1 aromatic rings. The molecule has 1 saturated carbocycles. The molecule has 6 nitrogen and oxygen atoms in total. The lowest BCUT2D eigenvalue weighted by molar-refractivity contribution is 0.0938. The fourth-order valence-electron chi connectivity index (χ4n) is 1.44. The van der Waals surface area contributed by atoms with E-state index in [9.17, 15) is 9.59 Å². The first kappa shape index (κ1) is 11.4. The second-order valence-corrected chi connectivity index (χ2v) is 3.82.